The predicted octanol–water partition coefficient (Wildman–Crippen LogP) is 4.19. The lowest BCUT2D eigenvalue weighted by Gasteiger charge is -2.07. The number of halogens is 1. The number of benzene rings is 1. The highest BCUT2D eigenvalue weighted by Gasteiger charge is 2.10. The summed E-state index contributed by atoms with van der Waals surface area (Å²) < 4.78 is 26.8. The number of aryl methyl sites for hydroxylation is 2. The molecule has 1 aromatic carbocycles. The van der Waals surface area contributed by atoms with Crippen LogP contribution in [0.5, 0.6) is 5.75 Å². The lowest BCUT2D eigenvalue weighted by atomic mass is 10.1. The van der Waals surface area contributed by atoms with Gasteiger partial charge >= 0.3 is 0 Å². The molecule has 0 unspecified atom stereocenters. The van der Waals surface area contributed by atoms with E-state index in [2.05, 4.69) is 5.10 Å². The molecular formula is C17H17FN2O2. The number of aromatic nitrogens is 2. The molecule has 0 aliphatic rings. The van der Waals surface area contributed by atoms with Crippen LogP contribution in [0.2, 0.25) is 0 Å². The van der Waals surface area contributed by atoms with Crippen molar-refractivity contribution < 1.29 is 13.5 Å². The smallest absolute Gasteiger partial charge is 0.165 e. The maximum Gasteiger partial charge on any atom is 0.165 e. The standard InChI is InChI=1S/C17H17FN2O2/c1-3-20-10-14(12(2)19-20)11-22-17-7-6-13(9-15(17)18)16-5-4-8-21-16/h4-10H,3,11H2,1-2H3. The topological polar surface area (TPSA) is 40.2 Å². The maximum atomic E-state index is 14.1. The molecule has 0 bridgehead atoms. The Balaban J connectivity index is 1.74. The average molecular weight is 300 g/mol. The normalized spacial score (nSPS) is 10.9. The van der Waals surface area contributed by atoms with Crippen LogP contribution in [0.15, 0.2) is 47.2 Å². The summed E-state index contributed by atoms with van der Waals surface area (Å²) in [6.07, 6.45) is 3.48. The fourth-order valence-corrected chi connectivity index (χ4v) is 2.23. The Morgan fingerprint density at radius 3 is 2.82 bits per heavy atom. The van der Waals surface area contributed by atoms with Gasteiger partial charge in [0.1, 0.15) is 12.4 Å². The second kappa shape index (κ2) is 6.05. The first-order valence-electron chi connectivity index (χ1n) is 7.16. The molecule has 3 rings (SSSR count). The third kappa shape index (κ3) is 2.88. The molecule has 0 saturated heterocycles. The predicted molar refractivity (Wildman–Crippen MR) is 81.1 cm³/mol. The number of nitrogens with zero attached hydrogens (tertiary/aromatic N) is 2. The van der Waals surface area contributed by atoms with Crippen molar-refractivity contribution in [1.29, 1.82) is 0 Å². The summed E-state index contributed by atoms with van der Waals surface area (Å²) in [6.45, 7) is 5.03. The van der Waals surface area contributed by atoms with Crippen LogP contribution in [0, 0.1) is 12.7 Å². The molecule has 0 aliphatic heterocycles. The molecule has 0 amide bonds. The number of hydrogen-bond donors (Lipinski definition) is 0. The van der Waals surface area contributed by atoms with Crippen molar-refractivity contribution >= 4 is 0 Å². The quantitative estimate of drug-likeness (QED) is 0.709. The zero-order chi connectivity index (χ0) is 15.5. The van der Waals surface area contributed by atoms with Crippen LogP contribution in [0.25, 0.3) is 11.3 Å². The molecule has 0 atom stereocenters. The molecule has 5 heteroatoms. The van der Waals surface area contributed by atoms with Crippen molar-refractivity contribution in [2.75, 3.05) is 0 Å². The van der Waals surface area contributed by atoms with Crippen LogP contribution in [0.4, 0.5) is 4.39 Å². The van der Waals surface area contributed by atoms with E-state index in [9.17, 15) is 4.39 Å². The molecule has 4 nitrogen and oxygen atoms in total. The summed E-state index contributed by atoms with van der Waals surface area (Å²) in [4.78, 5) is 0. The summed E-state index contributed by atoms with van der Waals surface area (Å²) in [5.74, 6) is 0.443. The van der Waals surface area contributed by atoms with Crippen LogP contribution in [0.3, 0.4) is 0 Å². The number of ether oxygens (including phenoxy) is 1. The van der Waals surface area contributed by atoms with E-state index in [1.807, 2.05) is 24.7 Å². The zero-order valence-corrected chi connectivity index (χ0v) is 12.5. The Morgan fingerprint density at radius 1 is 1.32 bits per heavy atom. The molecule has 2 heterocycles. The highest BCUT2D eigenvalue weighted by molar-refractivity contribution is 5.58. The van der Waals surface area contributed by atoms with Gasteiger partial charge in [0.15, 0.2) is 11.6 Å². The molecule has 0 saturated carbocycles. The Kier molecular flexibility index (Phi) is 3.96. The van der Waals surface area contributed by atoms with Crippen molar-refractivity contribution in [1.82, 2.24) is 9.78 Å². The molecule has 0 aliphatic carbocycles. The third-order valence-electron chi connectivity index (χ3n) is 3.49. The first-order valence-corrected chi connectivity index (χ1v) is 7.16. The molecule has 2 aromatic heterocycles. The molecule has 3 aromatic rings. The van der Waals surface area contributed by atoms with Crippen molar-refractivity contribution in [3.8, 4) is 17.1 Å². The summed E-state index contributed by atoms with van der Waals surface area (Å²) in [5, 5.41) is 4.34. The van der Waals surface area contributed by atoms with E-state index in [1.54, 1.807) is 30.5 Å². The minimum absolute atomic E-state index is 0.221. The summed E-state index contributed by atoms with van der Waals surface area (Å²) in [6, 6.07) is 8.37. The fourth-order valence-electron chi connectivity index (χ4n) is 2.23. The van der Waals surface area contributed by atoms with E-state index < -0.39 is 5.82 Å². The van der Waals surface area contributed by atoms with E-state index >= 15 is 0 Å². The van der Waals surface area contributed by atoms with Gasteiger partial charge in [-0.05, 0) is 44.2 Å². The van der Waals surface area contributed by atoms with Gasteiger partial charge in [-0.15, -0.1) is 0 Å². The molecule has 0 N–H and O–H groups in total. The fraction of sp³-hybridized carbons (Fsp3) is 0.235. The molecule has 0 fully saturated rings. The van der Waals surface area contributed by atoms with E-state index in [0.717, 1.165) is 17.8 Å². The first kappa shape index (κ1) is 14.4. The molecule has 0 spiro atoms. The third-order valence-corrected chi connectivity index (χ3v) is 3.49. The average Bonchev–Trinajstić information content (AvgIpc) is 3.16. The summed E-state index contributed by atoms with van der Waals surface area (Å²) in [5.41, 5.74) is 2.54. The number of furan rings is 1. The van der Waals surface area contributed by atoms with E-state index in [1.165, 1.54) is 6.07 Å². The summed E-state index contributed by atoms with van der Waals surface area (Å²) in [7, 11) is 0. The van der Waals surface area contributed by atoms with Gasteiger partial charge in [0.2, 0.25) is 0 Å². The molecule has 22 heavy (non-hydrogen) atoms. The van der Waals surface area contributed by atoms with Crippen LogP contribution in [0.1, 0.15) is 18.2 Å². The van der Waals surface area contributed by atoms with Gasteiger partial charge in [-0.25, -0.2) is 4.39 Å². The molecule has 114 valence electrons. The monoisotopic (exact) mass is 300 g/mol. The lowest BCUT2D eigenvalue weighted by molar-refractivity contribution is 0.289. The van der Waals surface area contributed by atoms with Gasteiger partial charge < -0.3 is 9.15 Å². The minimum atomic E-state index is -0.408. The zero-order valence-electron chi connectivity index (χ0n) is 12.5. The van der Waals surface area contributed by atoms with Crippen LogP contribution >= 0.6 is 0 Å². The second-order valence-corrected chi connectivity index (χ2v) is 5.01. The van der Waals surface area contributed by atoms with Crippen LogP contribution in [-0.2, 0) is 13.2 Å². The summed E-state index contributed by atoms with van der Waals surface area (Å²) >= 11 is 0. The highest BCUT2D eigenvalue weighted by atomic mass is 19.1. The Hall–Kier alpha value is -2.56. The lowest BCUT2D eigenvalue weighted by Crippen LogP contribution is -1.98. The van der Waals surface area contributed by atoms with Gasteiger partial charge in [-0.3, -0.25) is 4.68 Å². The van der Waals surface area contributed by atoms with E-state index in [0.29, 0.717) is 17.9 Å². The Morgan fingerprint density at radius 2 is 2.18 bits per heavy atom. The first-order chi connectivity index (χ1) is 10.7. The number of rotatable bonds is 5. The largest absolute Gasteiger partial charge is 0.486 e. The van der Waals surface area contributed by atoms with Crippen molar-refractivity contribution in [3.05, 3.63) is 59.9 Å². The SMILES string of the molecule is CCn1cc(COc2ccc(-c3ccco3)cc2F)c(C)n1. The van der Waals surface area contributed by atoms with Crippen molar-refractivity contribution in [2.24, 2.45) is 0 Å². The Labute approximate surface area is 128 Å². The van der Waals surface area contributed by atoms with Crippen LogP contribution in [-0.4, -0.2) is 9.78 Å². The van der Waals surface area contributed by atoms with Crippen molar-refractivity contribution in [3.63, 3.8) is 0 Å². The van der Waals surface area contributed by atoms with Gasteiger partial charge in [-0.1, -0.05) is 0 Å². The highest BCUT2D eigenvalue weighted by Crippen LogP contribution is 2.26. The molecular weight excluding hydrogens is 283 g/mol. The second-order valence-electron chi connectivity index (χ2n) is 5.01. The van der Waals surface area contributed by atoms with Gasteiger partial charge in [0, 0.05) is 23.9 Å². The van der Waals surface area contributed by atoms with Crippen LogP contribution < -0.4 is 4.74 Å². The molecule has 0 radical (unpaired) electrons. The van der Waals surface area contributed by atoms with Crippen molar-refractivity contribution in [2.45, 2.75) is 27.0 Å². The van der Waals surface area contributed by atoms with Gasteiger partial charge in [0.05, 0.1) is 12.0 Å². The van der Waals surface area contributed by atoms with Gasteiger partial charge in [-0.2, -0.15) is 5.10 Å². The van der Waals surface area contributed by atoms with E-state index in [4.69, 9.17) is 9.15 Å². The Bertz CT molecular complexity index is 763. The minimum Gasteiger partial charge on any atom is -0.486 e. The maximum absolute atomic E-state index is 14.1. The van der Waals surface area contributed by atoms with E-state index in [-0.39, 0.29) is 5.75 Å². The van der Waals surface area contributed by atoms with Gasteiger partial charge in [0.25, 0.3) is 0 Å². The number of hydrogen-bond acceptors (Lipinski definition) is 3.